The van der Waals surface area contributed by atoms with Crippen molar-refractivity contribution in [3.8, 4) is 0 Å². The maximum atomic E-state index is 12.8. The number of ether oxygens (including phenoxy) is 4. The number of nitrogens with zero attached hydrogens (tertiary/aromatic N) is 1. The normalized spacial score (nSPS) is 33.2. The third-order valence-corrected chi connectivity index (χ3v) is 6.76. The zero-order valence-corrected chi connectivity index (χ0v) is 21.3. The fourth-order valence-corrected chi connectivity index (χ4v) is 4.69. The zero-order valence-electron chi connectivity index (χ0n) is 21.3. The van der Waals surface area contributed by atoms with Gasteiger partial charge in [0, 0.05) is 25.9 Å². The maximum absolute atomic E-state index is 12.8. The van der Waals surface area contributed by atoms with Crippen molar-refractivity contribution in [2.24, 2.45) is 5.73 Å². The summed E-state index contributed by atoms with van der Waals surface area (Å²) in [6, 6.07) is 0.158. The van der Waals surface area contributed by atoms with Crippen molar-refractivity contribution in [1.82, 2.24) is 20.2 Å². The number of primary amides is 1. The Morgan fingerprint density at radius 3 is 2.62 bits per heavy atom. The lowest BCUT2D eigenvalue weighted by Crippen LogP contribution is -2.54. The van der Waals surface area contributed by atoms with Crippen LogP contribution in [-0.2, 0) is 33.3 Å². The highest BCUT2D eigenvalue weighted by Crippen LogP contribution is 2.34. The Labute approximate surface area is 225 Å². The van der Waals surface area contributed by atoms with E-state index in [0.717, 1.165) is 29.3 Å². The zero-order chi connectivity index (χ0) is 29.1. The molecule has 9 atom stereocenters. The number of H-pyrrole nitrogens is 1. The molecule has 4 heterocycles. The monoisotopic (exact) mass is 569 g/mol. The van der Waals surface area contributed by atoms with Gasteiger partial charge in [-0.15, -0.1) is 0 Å². The highest BCUT2D eigenvalue weighted by atomic mass is 16.7. The number of aromatic nitrogens is 2. The summed E-state index contributed by atoms with van der Waals surface area (Å²) in [7, 11) is 1.19. The predicted molar refractivity (Wildman–Crippen MR) is 130 cm³/mol. The van der Waals surface area contributed by atoms with Gasteiger partial charge < -0.3 is 50.6 Å². The Morgan fingerprint density at radius 2 is 1.95 bits per heavy atom. The van der Waals surface area contributed by atoms with Crippen LogP contribution in [0.4, 0.5) is 0 Å². The van der Waals surface area contributed by atoms with E-state index in [-0.39, 0.29) is 5.91 Å². The molecule has 1 aromatic heterocycles. The molecule has 3 aliphatic rings. The van der Waals surface area contributed by atoms with Crippen molar-refractivity contribution in [3.05, 3.63) is 44.9 Å². The van der Waals surface area contributed by atoms with Crippen LogP contribution in [0, 0.1) is 0 Å². The van der Waals surface area contributed by atoms with Crippen LogP contribution in [0.2, 0.25) is 0 Å². The van der Waals surface area contributed by atoms with E-state index < -0.39 is 84.0 Å². The molecule has 2 saturated heterocycles. The van der Waals surface area contributed by atoms with Gasteiger partial charge in [0.25, 0.3) is 11.5 Å². The van der Waals surface area contributed by atoms with Gasteiger partial charge in [-0.3, -0.25) is 28.7 Å². The Kier molecular flexibility index (Phi) is 9.02. The van der Waals surface area contributed by atoms with Crippen molar-refractivity contribution >= 4 is 17.7 Å². The molecule has 0 bridgehead atoms. The van der Waals surface area contributed by atoms with Crippen molar-refractivity contribution in [3.63, 3.8) is 0 Å². The third kappa shape index (κ3) is 6.08. The lowest BCUT2D eigenvalue weighted by molar-refractivity contribution is -0.241. The maximum Gasteiger partial charge on any atom is 0.330 e. The Hall–Kier alpha value is -3.61. The molecule has 2 fully saturated rings. The second-order valence-corrected chi connectivity index (χ2v) is 9.47. The first-order valence-electron chi connectivity index (χ1n) is 12.5. The SMILES string of the molecule is CO[C@H]1[C@@H](O)[C@H](n2ccc(=O)[nH]c2=O)O[C@@H]1[C@H](O[C@H]1OC(C(=O)NC2CCCCNC2=O)=C[C@H](O)[C@@H]1O)C(N)=O. The predicted octanol–water partition coefficient (Wildman–Crippen LogP) is -4.57. The molecule has 40 heavy (non-hydrogen) atoms. The number of aliphatic hydroxyl groups excluding tert-OH is 3. The van der Waals surface area contributed by atoms with E-state index in [1.54, 1.807) is 0 Å². The fourth-order valence-electron chi connectivity index (χ4n) is 4.69. The minimum absolute atomic E-state index is 0.374. The first-order chi connectivity index (χ1) is 19.0. The van der Waals surface area contributed by atoms with Crippen LogP contribution in [0.1, 0.15) is 25.5 Å². The molecule has 0 radical (unpaired) electrons. The van der Waals surface area contributed by atoms with Crippen LogP contribution >= 0.6 is 0 Å². The van der Waals surface area contributed by atoms with Gasteiger partial charge in [0.15, 0.2) is 18.1 Å². The van der Waals surface area contributed by atoms with Crippen LogP contribution in [0.15, 0.2) is 33.7 Å². The summed E-state index contributed by atoms with van der Waals surface area (Å²) in [5, 5.41) is 36.8. The molecule has 220 valence electrons. The van der Waals surface area contributed by atoms with Crippen molar-refractivity contribution in [2.75, 3.05) is 13.7 Å². The molecule has 0 aromatic carbocycles. The smallest absolute Gasteiger partial charge is 0.330 e. The number of nitrogens with one attached hydrogen (secondary N) is 3. The van der Waals surface area contributed by atoms with E-state index >= 15 is 0 Å². The summed E-state index contributed by atoms with van der Waals surface area (Å²) in [6.45, 7) is 0.470. The second-order valence-electron chi connectivity index (χ2n) is 9.47. The molecule has 17 heteroatoms. The number of hydrogen-bond acceptors (Lipinski definition) is 12. The van der Waals surface area contributed by atoms with Crippen LogP contribution in [0.3, 0.4) is 0 Å². The lowest BCUT2D eigenvalue weighted by atomic mass is 10.0. The highest BCUT2D eigenvalue weighted by molar-refractivity contribution is 5.95. The lowest BCUT2D eigenvalue weighted by Gasteiger charge is -2.35. The number of carbonyl (C=O) groups excluding carboxylic acids is 3. The molecule has 0 saturated carbocycles. The fraction of sp³-hybridized carbons (Fsp3) is 0.609. The molecular weight excluding hydrogens is 538 g/mol. The number of amides is 3. The number of aliphatic hydroxyl groups is 3. The number of methoxy groups -OCH3 is 1. The number of rotatable bonds is 8. The quantitative estimate of drug-likeness (QED) is 0.156. The van der Waals surface area contributed by atoms with Crippen LogP contribution in [-0.4, -0.2) is 105 Å². The molecule has 8 N–H and O–H groups in total. The second kappa shape index (κ2) is 12.3. The molecule has 3 amide bonds. The van der Waals surface area contributed by atoms with Crippen LogP contribution < -0.4 is 27.6 Å². The molecule has 4 rings (SSSR count). The van der Waals surface area contributed by atoms with E-state index in [0.29, 0.717) is 19.4 Å². The summed E-state index contributed by atoms with van der Waals surface area (Å²) in [4.78, 5) is 63.2. The third-order valence-electron chi connectivity index (χ3n) is 6.76. The first kappa shape index (κ1) is 29.4. The van der Waals surface area contributed by atoms with Gasteiger partial charge in [-0.05, 0) is 25.3 Å². The van der Waals surface area contributed by atoms with Crippen LogP contribution in [0.25, 0.3) is 0 Å². The van der Waals surface area contributed by atoms with Gasteiger partial charge in [0.05, 0.1) is 0 Å². The molecule has 17 nitrogen and oxygen atoms in total. The van der Waals surface area contributed by atoms with Gasteiger partial charge in [0.2, 0.25) is 18.1 Å². The van der Waals surface area contributed by atoms with E-state index in [2.05, 4.69) is 10.6 Å². The summed E-state index contributed by atoms with van der Waals surface area (Å²) >= 11 is 0. The Morgan fingerprint density at radius 1 is 1.20 bits per heavy atom. The number of hydrogen-bond donors (Lipinski definition) is 7. The molecule has 3 aliphatic heterocycles. The Bertz CT molecular complexity index is 1260. The number of aromatic amines is 1. The summed E-state index contributed by atoms with van der Waals surface area (Å²) in [5.41, 5.74) is 3.91. The first-order valence-corrected chi connectivity index (χ1v) is 12.5. The van der Waals surface area contributed by atoms with E-state index in [9.17, 15) is 39.3 Å². The molecule has 0 aliphatic carbocycles. The van der Waals surface area contributed by atoms with E-state index in [1.165, 1.54) is 7.11 Å². The minimum atomic E-state index is -1.84. The van der Waals surface area contributed by atoms with Crippen molar-refractivity contribution in [1.29, 1.82) is 0 Å². The van der Waals surface area contributed by atoms with E-state index in [4.69, 9.17) is 24.7 Å². The molecular formula is C23H31N5O12. The van der Waals surface area contributed by atoms with Gasteiger partial charge in [-0.1, -0.05) is 0 Å². The van der Waals surface area contributed by atoms with Crippen LogP contribution in [0.5, 0.6) is 0 Å². The molecule has 1 unspecified atom stereocenters. The largest absolute Gasteiger partial charge is 0.456 e. The van der Waals surface area contributed by atoms with Crippen molar-refractivity contribution < 1.29 is 48.7 Å². The highest BCUT2D eigenvalue weighted by Gasteiger charge is 2.52. The van der Waals surface area contributed by atoms with E-state index in [1.807, 2.05) is 4.98 Å². The summed E-state index contributed by atoms with van der Waals surface area (Å²) in [5.74, 6) is -2.91. The van der Waals surface area contributed by atoms with Gasteiger partial charge in [-0.2, -0.15) is 0 Å². The number of carbonyl (C=O) groups is 3. The van der Waals surface area contributed by atoms with Gasteiger partial charge >= 0.3 is 5.69 Å². The van der Waals surface area contributed by atoms with Crippen molar-refractivity contribution in [2.45, 2.75) is 74.4 Å². The topological polar surface area (TPSA) is 254 Å². The number of nitrogens with two attached hydrogens (primary N) is 1. The Balaban J connectivity index is 1.52. The average Bonchev–Trinajstić information content (AvgIpc) is 3.08. The van der Waals surface area contributed by atoms with Gasteiger partial charge in [0.1, 0.15) is 36.6 Å². The standard InChI is InChI=1S/C23H31N5O12/c1-37-15-14(32)21(28-7-5-12(30)27-23(28)36)39-16(15)17(18(24)33)40-22-13(31)10(29)8-11(38-22)20(35)26-9-4-2-3-6-25-19(9)34/h5,7-10,13-17,21-22,29,31-32H,2-4,6H2,1H3,(H2,24,33)(H,25,34)(H,26,35)(H,27,30,36)/t9?,10-,13-,14+,15-,16-,17-,21+,22+/m0/s1. The minimum Gasteiger partial charge on any atom is -0.456 e. The summed E-state index contributed by atoms with van der Waals surface area (Å²) < 4.78 is 22.9. The summed E-state index contributed by atoms with van der Waals surface area (Å²) in [6.07, 6.45) is -9.13. The van der Waals surface area contributed by atoms with Gasteiger partial charge in [-0.25, -0.2) is 4.79 Å². The molecule has 1 aromatic rings. The average molecular weight is 570 g/mol. The molecule has 0 spiro atoms.